The number of ether oxygens (including phenoxy) is 1. The van der Waals surface area contributed by atoms with Gasteiger partial charge in [-0.05, 0) is 112 Å². The maximum Gasteiger partial charge on any atom is 0.423 e. The molecule has 3 amide bonds. The second kappa shape index (κ2) is 16.1. The lowest BCUT2D eigenvalue weighted by Crippen LogP contribution is -2.49. The van der Waals surface area contributed by atoms with Crippen molar-refractivity contribution in [2.75, 3.05) is 49.5 Å². The van der Waals surface area contributed by atoms with Gasteiger partial charge >= 0.3 is 12.2 Å². The molecule has 4 fully saturated rings. The number of imide groups is 1. The number of alkyl halides is 3. The first-order valence-corrected chi connectivity index (χ1v) is 21.1. The number of aliphatic hydroxyl groups is 1. The van der Waals surface area contributed by atoms with Gasteiger partial charge in [0.2, 0.25) is 27.8 Å². The number of likely N-dealkylation sites (tertiary alicyclic amines) is 1. The van der Waals surface area contributed by atoms with E-state index in [1.54, 1.807) is 4.68 Å². The summed E-state index contributed by atoms with van der Waals surface area (Å²) in [5.74, 6) is 0.179. The molecule has 310 valence electrons. The average molecular weight is 826 g/mol. The molecule has 2 atom stereocenters. The van der Waals surface area contributed by atoms with E-state index >= 15 is 0 Å². The number of carbonyl (C=O) groups excluding carboxylic acids is 2. The molecule has 4 aromatic rings. The summed E-state index contributed by atoms with van der Waals surface area (Å²) in [5, 5.41) is 20.8. The Labute approximate surface area is 333 Å². The Morgan fingerprint density at radius 2 is 1.71 bits per heavy atom. The molecule has 3 N–H and O–H groups in total. The minimum atomic E-state index is -4.76. The number of hydrogen-bond donors (Lipinski definition) is 3. The number of fused-ring (bicyclic) bond motifs is 1. The number of halogens is 3. The van der Waals surface area contributed by atoms with Gasteiger partial charge < -0.3 is 20.1 Å². The van der Waals surface area contributed by atoms with Crippen LogP contribution in [0.4, 0.5) is 35.4 Å². The number of aryl methyl sites for hydroxylation is 1. The first-order chi connectivity index (χ1) is 27.7. The third kappa shape index (κ3) is 8.35. The zero-order valence-electron chi connectivity index (χ0n) is 32.0. The molecule has 1 aliphatic carbocycles. The maximum absolute atomic E-state index is 13.7. The van der Waals surface area contributed by atoms with E-state index in [-0.39, 0.29) is 23.2 Å². The first-order valence-electron chi connectivity index (χ1n) is 19.7. The van der Waals surface area contributed by atoms with Crippen LogP contribution < -0.4 is 20.3 Å². The molecule has 1 saturated carbocycles. The van der Waals surface area contributed by atoms with Gasteiger partial charge in [-0.15, -0.1) is 0 Å². The van der Waals surface area contributed by atoms with Gasteiger partial charge in [0.1, 0.15) is 11.7 Å². The fraction of sp³-hybridized carbons (Fsp3) is 0.513. The lowest BCUT2D eigenvalue weighted by atomic mass is 9.88. The van der Waals surface area contributed by atoms with Crippen molar-refractivity contribution in [3.05, 3.63) is 59.8 Å². The second-order valence-electron chi connectivity index (χ2n) is 15.6. The van der Waals surface area contributed by atoms with Crippen LogP contribution in [0.2, 0.25) is 0 Å². The van der Waals surface area contributed by atoms with E-state index in [1.807, 2.05) is 13.1 Å². The number of aliphatic hydroxyl groups excluding tert-OH is 1. The SMILES string of the molecule is Cn1nc(N2CCC(=O)NC2=O)c2ccc(C3CCN(CC4CCN(S(=O)(=O)c5ccc(Nc6ncc(C(F)(F)F)c(O[C@H]7CCC[C@H]7O)n6)cc5)CC4)CC3)cc21. The smallest absolute Gasteiger partial charge is 0.423 e. The van der Waals surface area contributed by atoms with Gasteiger partial charge in [-0.2, -0.15) is 27.6 Å². The van der Waals surface area contributed by atoms with Gasteiger partial charge in [0, 0.05) is 56.9 Å². The number of piperidine rings is 2. The molecule has 3 saturated heterocycles. The summed E-state index contributed by atoms with van der Waals surface area (Å²) in [4.78, 5) is 36.0. The van der Waals surface area contributed by atoms with Crippen molar-refractivity contribution in [3.8, 4) is 5.88 Å². The van der Waals surface area contributed by atoms with E-state index in [2.05, 4.69) is 42.7 Å². The monoisotopic (exact) mass is 825 g/mol. The van der Waals surface area contributed by atoms with Crippen LogP contribution in [-0.2, 0) is 28.0 Å². The summed E-state index contributed by atoms with van der Waals surface area (Å²) in [7, 11) is -1.91. The minimum absolute atomic E-state index is 0.111. The zero-order chi connectivity index (χ0) is 40.8. The zero-order valence-corrected chi connectivity index (χ0v) is 32.8. The average Bonchev–Trinajstić information content (AvgIpc) is 3.75. The molecule has 2 aromatic heterocycles. The van der Waals surface area contributed by atoms with Gasteiger partial charge in [-0.1, -0.05) is 6.07 Å². The van der Waals surface area contributed by atoms with E-state index in [1.165, 1.54) is 39.0 Å². The first kappa shape index (κ1) is 40.0. The Balaban J connectivity index is 0.824. The van der Waals surface area contributed by atoms with Crippen LogP contribution in [0.25, 0.3) is 10.9 Å². The van der Waals surface area contributed by atoms with Gasteiger partial charge in [0.15, 0.2) is 5.82 Å². The summed E-state index contributed by atoms with van der Waals surface area (Å²) in [5.41, 5.74) is 1.40. The van der Waals surface area contributed by atoms with E-state index in [0.717, 1.165) is 56.2 Å². The molecule has 3 aliphatic heterocycles. The number of urea groups is 1. The molecule has 19 heteroatoms. The molecule has 8 rings (SSSR count). The summed E-state index contributed by atoms with van der Waals surface area (Å²) < 4.78 is 76.9. The third-order valence-corrected chi connectivity index (χ3v) is 13.7. The highest BCUT2D eigenvalue weighted by atomic mass is 32.2. The molecular weight excluding hydrogens is 780 g/mol. The molecule has 0 spiro atoms. The van der Waals surface area contributed by atoms with Crippen LogP contribution in [0.3, 0.4) is 0 Å². The van der Waals surface area contributed by atoms with Crippen molar-refractivity contribution in [2.45, 2.75) is 80.6 Å². The van der Waals surface area contributed by atoms with E-state index in [4.69, 9.17) is 4.74 Å². The Kier molecular flexibility index (Phi) is 11.1. The van der Waals surface area contributed by atoms with Crippen LogP contribution in [0.15, 0.2) is 53.6 Å². The fourth-order valence-electron chi connectivity index (χ4n) is 8.51. The highest BCUT2D eigenvalue weighted by molar-refractivity contribution is 7.89. The second-order valence-corrected chi connectivity index (χ2v) is 17.6. The quantitative estimate of drug-likeness (QED) is 0.193. The highest BCUT2D eigenvalue weighted by Gasteiger charge is 2.39. The van der Waals surface area contributed by atoms with Crippen molar-refractivity contribution >= 4 is 50.3 Å². The number of nitrogens with zero attached hydrogens (tertiary/aromatic N) is 7. The molecule has 5 heterocycles. The van der Waals surface area contributed by atoms with Gasteiger partial charge in [0.25, 0.3) is 0 Å². The number of hydrogen-bond acceptors (Lipinski definition) is 11. The predicted molar refractivity (Wildman–Crippen MR) is 207 cm³/mol. The van der Waals surface area contributed by atoms with E-state index in [0.29, 0.717) is 68.4 Å². The maximum atomic E-state index is 13.7. The Bertz CT molecular complexity index is 2270. The molecule has 15 nitrogen and oxygen atoms in total. The molecule has 0 bridgehead atoms. The molecule has 0 radical (unpaired) electrons. The number of benzene rings is 2. The number of sulfonamides is 1. The van der Waals surface area contributed by atoms with Crippen molar-refractivity contribution in [3.63, 3.8) is 0 Å². The largest absolute Gasteiger partial charge is 0.471 e. The summed E-state index contributed by atoms with van der Waals surface area (Å²) in [6, 6.07) is 11.8. The topological polar surface area (TPSA) is 175 Å². The molecule has 0 unspecified atom stereocenters. The lowest BCUT2D eigenvalue weighted by molar-refractivity contribution is -0.140. The standard InChI is InChI=1S/C39H46F3N9O6S/c1-48-31-21-26(5-10-29(31)35(47-48)51-20-15-34(53)45-38(51)54)25-13-16-49(17-14-25)23-24-11-18-50(19-12-24)58(55,56)28-8-6-27(7-9-28)44-37-43-22-30(39(40,41)42)36(46-37)57-33-4-2-3-32(33)52/h5-10,21-22,24-25,32-33,52H,2-4,11-20,23H2,1H3,(H,43,44,46)(H,45,53,54)/t32-,33+/m1/s1. The van der Waals surface area contributed by atoms with Crippen LogP contribution in [0, 0.1) is 5.92 Å². The van der Waals surface area contributed by atoms with E-state index < -0.39 is 45.9 Å². The molecular formula is C39H46F3N9O6S. The normalized spacial score (nSPS) is 22.1. The van der Waals surface area contributed by atoms with Gasteiger partial charge in [-0.25, -0.2) is 18.2 Å². The third-order valence-electron chi connectivity index (χ3n) is 11.8. The number of anilines is 3. The van der Waals surface area contributed by atoms with Gasteiger partial charge in [-0.3, -0.25) is 19.7 Å². The minimum Gasteiger partial charge on any atom is -0.471 e. The summed E-state index contributed by atoms with van der Waals surface area (Å²) >= 11 is 0. The number of nitrogens with one attached hydrogen (secondary N) is 2. The van der Waals surface area contributed by atoms with Crippen molar-refractivity contribution in [2.24, 2.45) is 13.0 Å². The van der Waals surface area contributed by atoms with E-state index in [9.17, 15) is 36.3 Å². The summed E-state index contributed by atoms with van der Waals surface area (Å²) in [6.07, 6.45) is -0.638. The Hall–Kier alpha value is -4.85. The van der Waals surface area contributed by atoms with Crippen molar-refractivity contribution in [1.82, 2.24) is 34.3 Å². The number of rotatable bonds is 10. The Morgan fingerprint density at radius 3 is 2.38 bits per heavy atom. The van der Waals surface area contributed by atoms with Crippen LogP contribution in [0.5, 0.6) is 5.88 Å². The molecule has 4 aliphatic rings. The highest BCUT2D eigenvalue weighted by Crippen LogP contribution is 2.38. The number of carbonyl (C=O) groups is 2. The number of amides is 3. The van der Waals surface area contributed by atoms with Crippen LogP contribution in [-0.4, -0.2) is 106 Å². The molecule has 58 heavy (non-hydrogen) atoms. The summed E-state index contributed by atoms with van der Waals surface area (Å²) in [6.45, 7) is 3.89. The van der Waals surface area contributed by atoms with Gasteiger partial charge in [0.05, 0.1) is 16.5 Å². The predicted octanol–water partition coefficient (Wildman–Crippen LogP) is 5.14. The van der Waals surface area contributed by atoms with Crippen LogP contribution in [0.1, 0.15) is 68.4 Å². The van der Waals surface area contributed by atoms with Crippen LogP contribution >= 0.6 is 0 Å². The lowest BCUT2D eigenvalue weighted by Gasteiger charge is -2.37. The Morgan fingerprint density at radius 1 is 0.966 bits per heavy atom. The van der Waals surface area contributed by atoms with Crippen molar-refractivity contribution in [1.29, 1.82) is 0 Å². The van der Waals surface area contributed by atoms with Crippen molar-refractivity contribution < 1.29 is 41.0 Å². The fourth-order valence-corrected chi connectivity index (χ4v) is 9.98. The number of aromatic nitrogens is 4. The molecule has 2 aromatic carbocycles.